The number of nitrogens with zero attached hydrogens (tertiary/aromatic N) is 5. The van der Waals surface area contributed by atoms with Gasteiger partial charge in [-0.2, -0.15) is 0 Å². The maximum Gasteiger partial charge on any atom is 0.251 e. The minimum Gasteiger partial charge on any atom is -0.344 e. The van der Waals surface area contributed by atoms with Gasteiger partial charge in [0.05, 0.1) is 17.9 Å². The lowest BCUT2D eigenvalue weighted by Crippen LogP contribution is -2.27. The molecule has 0 aliphatic rings. The Bertz CT molecular complexity index is 1260. The number of aryl methyl sites for hydroxylation is 2. The van der Waals surface area contributed by atoms with Crippen molar-refractivity contribution in [1.29, 1.82) is 0 Å². The van der Waals surface area contributed by atoms with E-state index in [4.69, 9.17) is 0 Å². The normalized spacial score (nSPS) is 11.5. The monoisotopic (exact) mass is 470 g/mol. The Morgan fingerprint density at radius 3 is 2.26 bits per heavy atom. The van der Waals surface area contributed by atoms with Gasteiger partial charge in [-0.05, 0) is 50.1 Å². The SMILES string of the molecule is CC.Cc1ccc(-c2cc(C(=O)NC(C)c3cnccn3)cc(-n3c(C)nnc3C(C)C)c2)cc1. The molecule has 35 heavy (non-hydrogen) atoms. The second kappa shape index (κ2) is 11.5. The predicted octanol–water partition coefficient (Wildman–Crippen LogP) is 5.98. The molecule has 1 N–H and O–H groups in total. The lowest BCUT2D eigenvalue weighted by molar-refractivity contribution is 0.0939. The van der Waals surface area contributed by atoms with Crippen LogP contribution in [0.15, 0.2) is 61.1 Å². The molecule has 2 aromatic carbocycles. The van der Waals surface area contributed by atoms with Gasteiger partial charge in [0.2, 0.25) is 0 Å². The largest absolute Gasteiger partial charge is 0.344 e. The summed E-state index contributed by atoms with van der Waals surface area (Å²) in [6, 6.07) is 13.9. The molecule has 0 fully saturated rings. The molecule has 0 radical (unpaired) electrons. The molecule has 4 rings (SSSR count). The molecule has 1 atom stereocenters. The Balaban J connectivity index is 0.00000167. The van der Waals surface area contributed by atoms with E-state index in [2.05, 4.69) is 76.6 Å². The zero-order valence-corrected chi connectivity index (χ0v) is 21.6. The number of nitrogens with one attached hydrogen (secondary N) is 1. The summed E-state index contributed by atoms with van der Waals surface area (Å²) >= 11 is 0. The van der Waals surface area contributed by atoms with Gasteiger partial charge in [-0.1, -0.05) is 57.5 Å². The summed E-state index contributed by atoms with van der Waals surface area (Å²) in [5, 5.41) is 11.7. The van der Waals surface area contributed by atoms with Crippen LogP contribution in [0, 0.1) is 13.8 Å². The van der Waals surface area contributed by atoms with Crippen LogP contribution >= 0.6 is 0 Å². The van der Waals surface area contributed by atoms with Crippen LogP contribution in [0.3, 0.4) is 0 Å². The van der Waals surface area contributed by atoms with E-state index >= 15 is 0 Å². The minimum absolute atomic E-state index is 0.180. The van der Waals surface area contributed by atoms with E-state index in [1.807, 2.05) is 44.4 Å². The molecule has 0 bridgehead atoms. The molecule has 0 saturated carbocycles. The van der Waals surface area contributed by atoms with Gasteiger partial charge in [-0.25, -0.2) is 0 Å². The van der Waals surface area contributed by atoms with Crippen LogP contribution in [-0.4, -0.2) is 30.6 Å². The summed E-state index contributed by atoms with van der Waals surface area (Å²) < 4.78 is 2.02. The van der Waals surface area contributed by atoms with E-state index in [9.17, 15) is 4.79 Å². The Hall–Kier alpha value is -3.87. The summed E-state index contributed by atoms with van der Waals surface area (Å²) in [5.41, 5.74) is 5.29. The van der Waals surface area contributed by atoms with E-state index in [1.54, 1.807) is 18.6 Å². The molecular weight excluding hydrogens is 436 g/mol. The number of amides is 1. The van der Waals surface area contributed by atoms with Crippen LogP contribution < -0.4 is 5.32 Å². The van der Waals surface area contributed by atoms with Crippen LogP contribution in [0.1, 0.15) is 79.8 Å². The van der Waals surface area contributed by atoms with Crippen molar-refractivity contribution in [2.24, 2.45) is 0 Å². The summed E-state index contributed by atoms with van der Waals surface area (Å²) in [7, 11) is 0. The Morgan fingerprint density at radius 2 is 1.63 bits per heavy atom. The molecule has 1 amide bonds. The summed E-state index contributed by atoms with van der Waals surface area (Å²) in [6.45, 7) is 14.0. The van der Waals surface area contributed by atoms with Crippen molar-refractivity contribution in [3.05, 3.63) is 89.5 Å². The third kappa shape index (κ3) is 5.98. The van der Waals surface area contributed by atoms with Crippen molar-refractivity contribution in [2.75, 3.05) is 0 Å². The van der Waals surface area contributed by atoms with Crippen LogP contribution in [-0.2, 0) is 0 Å². The molecule has 4 aromatic rings. The molecule has 7 heteroatoms. The van der Waals surface area contributed by atoms with Crippen LogP contribution in [0.2, 0.25) is 0 Å². The zero-order chi connectivity index (χ0) is 25.5. The van der Waals surface area contributed by atoms with Crippen molar-refractivity contribution in [3.63, 3.8) is 0 Å². The van der Waals surface area contributed by atoms with Crippen LogP contribution in [0.4, 0.5) is 0 Å². The average molecular weight is 471 g/mol. The van der Waals surface area contributed by atoms with E-state index in [1.165, 1.54) is 5.56 Å². The number of rotatable bonds is 6. The van der Waals surface area contributed by atoms with Gasteiger partial charge in [0, 0.05) is 29.6 Å². The fraction of sp³-hybridized carbons (Fsp3) is 0.321. The second-order valence-corrected chi connectivity index (χ2v) is 8.56. The Kier molecular flexibility index (Phi) is 8.47. The second-order valence-electron chi connectivity index (χ2n) is 8.56. The summed E-state index contributed by atoms with van der Waals surface area (Å²) in [6.07, 6.45) is 4.90. The molecule has 2 heterocycles. The highest BCUT2D eigenvalue weighted by Gasteiger charge is 2.19. The molecule has 0 aliphatic carbocycles. The van der Waals surface area contributed by atoms with E-state index in [0.717, 1.165) is 28.5 Å². The molecule has 0 aliphatic heterocycles. The van der Waals surface area contributed by atoms with Gasteiger partial charge in [0.1, 0.15) is 11.6 Å². The number of hydrogen-bond donors (Lipinski definition) is 1. The number of hydrogen-bond acceptors (Lipinski definition) is 5. The molecule has 2 aromatic heterocycles. The topological polar surface area (TPSA) is 85.6 Å². The van der Waals surface area contributed by atoms with E-state index in [-0.39, 0.29) is 17.9 Å². The Labute approximate surface area is 207 Å². The third-order valence-corrected chi connectivity index (χ3v) is 5.56. The predicted molar refractivity (Wildman–Crippen MR) is 140 cm³/mol. The molecule has 0 spiro atoms. The molecule has 182 valence electrons. The molecule has 7 nitrogen and oxygen atoms in total. The van der Waals surface area contributed by atoms with Gasteiger partial charge in [-0.15, -0.1) is 10.2 Å². The lowest BCUT2D eigenvalue weighted by atomic mass is 10.00. The summed E-state index contributed by atoms with van der Waals surface area (Å²) in [5.74, 6) is 1.63. The Morgan fingerprint density at radius 1 is 0.914 bits per heavy atom. The highest BCUT2D eigenvalue weighted by atomic mass is 16.1. The average Bonchev–Trinajstić information content (AvgIpc) is 3.27. The quantitative estimate of drug-likeness (QED) is 0.374. The first-order valence-electron chi connectivity index (χ1n) is 12.0. The number of carbonyl (C=O) groups excluding carboxylic acids is 1. The van der Waals surface area contributed by atoms with Crippen molar-refractivity contribution >= 4 is 5.91 Å². The van der Waals surface area contributed by atoms with Crippen LogP contribution in [0.25, 0.3) is 16.8 Å². The molecule has 0 saturated heterocycles. The fourth-order valence-corrected chi connectivity index (χ4v) is 3.74. The minimum atomic E-state index is -0.277. The van der Waals surface area contributed by atoms with Gasteiger partial charge in [0.15, 0.2) is 0 Å². The van der Waals surface area contributed by atoms with E-state index in [0.29, 0.717) is 11.3 Å². The number of aromatic nitrogens is 5. The van der Waals surface area contributed by atoms with Crippen molar-refractivity contribution < 1.29 is 4.79 Å². The molecular formula is C28H34N6O. The molecule has 1 unspecified atom stereocenters. The van der Waals surface area contributed by atoms with Crippen molar-refractivity contribution in [3.8, 4) is 16.8 Å². The first-order chi connectivity index (χ1) is 16.8. The highest BCUT2D eigenvalue weighted by Crippen LogP contribution is 2.28. The maximum atomic E-state index is 13.3. The number of benzene rings is 2. The van der Waals surface area contributed by atoms with E-state index < -0.39 is 0 Å². The smallest absolute Gasteiger partial charge is 0.251 e. The van der Waals surface area contributed by atoms with Crippen molar-refractivity contribution in [1.82, 2.24) is 30.0 Å². The standard InChI is InChI=1S/C26H28N6O.C2H6/c1-16(2)25-31-30-19(5)32(25)23-13-21(20-8-6-17(3)7-9-20)12-22(14-23)26(33)29-18(4)24-15-27-10-11-28-24;1-2/h6-16,18H,1-5H3,(H,29,33);1-2H3. The van der Waals surface area contributed by atoms with Gasteiger partial charge in [0.25, 0.3) is 5.91 Å². The third-order valence-electron chi connectivity index (χ3n) is 5.56. The fourth-order valence-electron chi connectivity index (χ4n) is 3.74. The lowest BCUT2D eigenvalue weighted by Gasteiger charge is -2.17. The highest BCUT2D eigenvalue weighted by molar-refractivity contribution is 5.96. The first-order valence-corrected chi connectivity index (χ1v) is 12.0. The maximum absolute atomic E-state index is 13.3. The number of carbonyl (C=O) groups is 1. The van der Waals surface area contributed by atoms with Gasteiger partial charge < -0.3 is 5.32 Å². The first kappa shape index (κ1) is 25.7. The van der Waals surface area contributed by atoms with Crippen molar-refractivity contribution in [2.45, 2.75) is 60.4 Å². The van der Waals surface area contributed by atoms with Gasteiger partial charge >= 0.3 is 0 Å². The van der Waals surface area contributed by atoms with Crippen LogP contribution in [0.5, 0.6) is 0 Å². The zero-order valence-electron chi connectivity index (χ0n) is 21.6. The van der Waals surface area contributed by atoms with Gasteiger partial charge in [-0.3, -0.25) is 19.3 Å². The summed E-state index contributed by atoms with van der Waals surface area (Å²) in [4.78, 5) is 21.7.